The van der Waals surface area contributed by atoms with Crippen molar-refractivity contribution < 1.29 is 33.7 Å². The highest BCUT2D eigenvalue weighted by Gasteiger charge is 2.41. The average molecular weight is 758 g/mol. The molecule has 3 aliphatic rings. The molecule has 4 aromatic rings. The van der Waals surface area contributed by atoms with Crippen LogP contribution in [0.3, 0.4) is 0 Å². The van der Waals surface area contributed by atoms with Crippen molar-refractivity contribution in [3.8, 4) is 11.1 Å². The van der Waals surface area contributed by atoms with Crippen molar-refractivity contribution in [1.29, 1.82) is 0 Å². The van der Waals surface area contributed by atoms with Gasteiger partial charge in [-0.15, -0.1) is 6.58 Å². The van der Waals surface area contributed by atoms with Crippen LogP contribution in [0.25, 0.3) is 11.1 Å². The van der Waals surface area contributed by atoms with Gasteiger partial charge in [-0.25, -0.2) is 4.79 Å². The van der Waals surface area contributed by atoms with E-state index in [-0.39, 0.29) is 50.2 Å². The van der Waals surface area contributed by atoms with Crippen LogP contribution in [0.5, 0.6) is 0 Å². The van der Waals surface area contributed by atoms with Crippen LogP contribution in [0.1, 0.15) is 79.2 Å². The molecule has 1 unspecified atom stereocenters. The average Bonchev–Trinajstić information content (AvgIpc) is 3.86. The van der Waals surface area contributed by atoms with Gasteiger partial charge in [-0.3, -0.25) is 19.4 Å². The number of alkyl carbamates (subject to hydrolysis) is 1. The molecule has 0 aromatic heterocycles. The highest BCUT2D eigenvalue weighted by molar-refractivity contribution is 6.06. The second-order valence-corrected chi connectivity index (χ2v) is 15.1. The van der Waals surface area contributed by atoms with E-state index < -0.39 is 24.3 Å². The van der Waals surface area contributed by atoms with E-state index in [1.165, 1.54) is 30.6 Å². The molecule has 2 N–H and O–H groups in total. The van der Waals surface area contributed by atoms with Crippen LogP contribution in [-0.4, -0.2) is 64.1 Å². The van der Waals surface area contributed by atoms with Crippen molar-refractivity contribution in [2.45, 2.75) is 89.4 Å². The zero-order chi connectivity index (χ0) is 39.0. The van der Waals surface area contributed by atoms with Gasteiger partial charge in [-0.05, 0) is 52.3 Å². The number of ether oxygens (including phenoxy) is 3. The van der Waals surface area contributed by atoms with Gasteiger partial charge in [0.1, 0.15) is 12.6 Å². The minimum atomic E-state index is -0.972. The Morgan fingerprint density at radius 3 is 2.32 bits per heavy atom. The fraction of sp³-hybridized carbons (Fsp3) is 0.370. The van der Waals surface area contributed by atoms with Gasteiger partial charge in [0.25, 0.3) is 5.91 Å². The third-order valence-corrected chi connectivity index (χ3v) is 11.3. The molecule has 3 fully saturated rings. The summed E-state index contributed by atoms with van der Waals surface area (Å²) in [5, 5.41) is 12.2. The lowest BCUT2D eigenvalue weighted by atomic mass is 9.89. The fourth-order valence-electron chi connectivity index (χ4n) is 8.10. The molecular weight excluding hydrogens is 707 g/mol. The number of nitrogens with one attached hydrogen (secondary N) is 1. The number of hydrogen-bond donors (Lipinski definition) is 2. The number of amides is 3. The van der Waals surface area contributed by atoms with Crippen LogP contribution in [0.4, 0.5) is 4.79 Å². The number of aliphatic hydroxyl groups excluding tert-OH is 1. The first-order valence-electron chi connectivity index (χ1n) is 19.7. The Hall–Kier alpha value is -5.13. The highest BCUT2D eigenvalue weighted by Crippen LogP contribution is 2.42. The third-order valence-electron chi connectivity index (χ3n) is 11.3. The summed E-state index contributed by atoms with van der Waals surface area (Å²) in [7, 11) is 0. The van der Waals surface area contributed by atoms with Gasteiger partial charge in [0.05, 0.1) is 31.8 Å². The van der Waals surface area contributed by atoms with Gasteiger partial charge < -0.3 is 24.6 Å². The molecule has 7 rings (SSSR count). The topological polar surface area (TPSA) is 118 Å². The summed E-state index contributed by atoms with van der Waals surface area (Å²) in [6.45, 7) is 7.98. The first kappa shape index (κ1) is 39.1. The van der Waals surface area contributed by atoms with Crippen LogP contribution in [-0.2, 0) is 43.6 Å². The number of hydrogen-bond acceptors (Lipinski definition) is 8. The van der Waals surface area contributed by atoms with Crippen molar-refractivity contribution >= 4 is 17.9 Å². The minimum absolute atomic E-state index is 0.0107. The van der Waals surface area contributed by atoms with Gasteiger partial charge in [0, 0.05) is 30.6 Å². The molecule has 0 bridgehead atoms. The first-order chi connectivity index (χ1) is 27.3. The van der Waals surface area contributed by atoms with Crippen molar-refractivity contribution in [2.24, 2.45) is 5.92 Å². The van der Waals surface area contributed by atoms with Gasteiger partial charge >= 0.3 is 6.09 Å². The molecule has 1 saturated carbocycles. The van der Waals surface area contributed by atoms with Gasteiger partial charge in [-0.1, -0.05) is 123 Å². The van der Waals surface area contributed by atoms with Gasteiger partial charge in [0.2, 0.25) is 5.91 Å². The number of likely N-dealkylation sites (tertiary alicyclic amines) is 1. The Bertz CT molecular complexity index is 1960. The monoisotopic (exact) mass is 757 g/mol. The first-order valence-corrected chi connectivity index (χ1v) is 19.7. The number of imide groups is 1. The second kappa shape index (κ2) is 18.2. The van der Waals surface area contributed by atoms with E-state index in [0.29, 0.717) is 6.04 Å². The molecule has 1 aliphatic carbocycles. The van der Waals surface area contributed by atoms with E-state index >= 15 is 0 Å². The number of aliphatic hydroxyl groups is 1. The molecule has 56 heavy (non-hydrogen) atoms. The Morgan fingerprint density at radius 2 is 1.61 bits per heavy atom. The van der Waals surface area contributed by atoms with Crippen molar-refractivity contribution in [1.82, 2.24) is 15.1 Å². The molecule has 292 valence electrons. The molecule has 5 atom stereocenters. The number of benzene rings is 4. The molecule has 3 amide bonds. The van der Waals surface area contributed by atoms with Crippen LogP contribution < -0.4 is 5.32 Å². The predicted octanol–water partition coefficient (Wildman–Crippen LogP) is 7.62. The van der Waals surface area contributed by atoms with Crippen LogP contribution >= 0.6 is 0 Å². The fourth-order valence-corrected chi connectivity index (χ4v) is 8.10. The zero-order valence-electron chi connectivity index (χ0n) is 31.9. The number of rotatable bonds is 14. The minimum Gasteiger partial charge on any atom is -0.445 e. The molecular formula is C46H51N3O7. The normalized spacial score (nSPS) is 22.8. The summed E-state index contributed by atoms with van der Waals surface area (Å²) in [5.41, 5.74) is 6.33. The van der Waals surface area contributed by atoms with E-state index in [1.807, 2.05) is 109 Å². The van der Waals surface area contributed by atoms with Gasteiger partial charge in [0.15, 0.2) is 6.29 Å². The molecule has 0 spiro atoms. The number of carbonyl (C=O) groups is 3. The lowest BCUT2D eigenvalue weighted by Crippen LogP contribution is -2.47. The molecule has 2 heterocycles. The standard InChI is InChI=1S/C46H51N3O7/c1-3-24-48(39-14-7-8-15-39)28-41-31(2)43(36-18-16-32(29-50)17-19-36)56-45(55-41)37-22-20-35(21-23-37)38-13-9-12-34(25-38)27-49-42(51)26-40(44(49)52)47-46(53)54-30-33-10-5-4-6-11-33/h3-6,9-13,16-23,25,31,39-41,43,45,50H,1,7-8,14-15,24,26-30H2,2H3,(H,47,53)/t31-,40?,41+,43+,45+/m1/s1. The molecule has 4 aromatic carbocycles. The Labute approximate surface area is 329 Å². The predicted molar refractivity (Wildman–Crippen MR) is 213 cm³/mol. The van der Waals surface area contributed by atoms with E-state index in [9.17, 15) is 19.5 Å². The second-order valence-electron chi connectivity index (χ2n) is 15.1. The number of nitrogens with zero attached hydrogens (tertiary/aromatic N) is 2. The lowest BCUT2D eigenvalue weighted by Gasteiger charge is -2.43. The van der Waals surface area contributed by atoms with Crippen molar-refractivity contribution in [3.05, 3.63) is 144 Å². The largest absolute Gasteiger partial charge is 0.445 e. The van der Waals surface area contributed by atoms with E-state index in [0.717, 1.165) is 52.0 Å². The van der Waals surface area contributed by atoms with Crippen molar-refractivity contribution in [2.75, 3.05) is 13.1 Å². The lowest BCUT2D eigenvalue weighted by molar-refractivity contribution is -0.276. The van der Waals surface area contributed by atoms with Crippen molar-refractivity contribution in [3.63, 3.8) is 0 Å². The smallest absolute Gasteiger partial charge is 0.408 e. The van der Waals surface area contributed by atoms with E-state index in [2.05, 4.69) is 23.7 Å². The summed E-state index contributed by atoms with van der Waals surface area (Å²) in [6.07, 6.45) is 5.14. The maximum absolute atomic E-state index is 13.2. The third kappa shape index (κ3) is 9.28. The summed E-state index contributed by atoms with van der Waals surface area (Å²) >= 11 is 0. The summed E-state index contributed by atoms with van der Waals surface area (Å²) in [4.78, 5) is 42.3. The molecule has 0 radical (unpaired) electrons. The number of carbonyl (C=O) groups excluding carboxylic acids is 3. The SMILES string of the molecule is C=CCN(C[C@@H]1O[C@H](c2ccc(-c3cccc(CN4C(=O)CC(NC(=O)OCc5ccccc5)C4=O)c3)cc2)O[C@H](c2ccc(CO)cc2)[C@@H]1C)C1CCCC1. The Morgan fingerprint density at radius 1 is 0.893 bits per heavy atom. The summed E-state index contributed by atoms with van der Waals surface area (Å²) in [6, 6.07) is 32.7. The highest BCUT2D eigenvalue weighted by atomic mass is 16.7. The van der Waals surface area contributed by atoms with E-state index in [4.69, 9.17) is 14.2 Å². The van der Waals surface area contributed by atoms with Crippen LogP contribution in [0.2, 0.25) is 0 Å². The van der Waals surface area contributed by atoms with Crippen LogP contribution in [0.15, 0.2) is 116 Å². The maximum Gasteiger partial charge on any atom is 0.408 e. The van der Waals surface area contributed by atoms with E-state index in [1.54, 1.807) is 0 Å². The Kier molecular flexibility index (Phi) is 12.7. The molecule has 10 heteroatoms. The molecule has 10 nitrogen and oxygen atoms in total. The maximum atomic E-state index is 13.2. The van der Waals surface area contributed by atoms with Crippen LogP contribution in [0, 0.1) is 5.92 Å². The zero-order valence-corrected chi connectivity index (χ0v) is 31.9. The molecule has 2 aliphatic heterocycles. The Balaban J connectivity index is 1.03. The van der Waals surface area contributed by atoms with Gasteiger partial charge in [-0.2, -0.15) is 0 Å². The molecule has 2 saturated heterocycles. The quantitative estimate of drug-likeness (QED) is 0.0997. The summed E-state index contributed by atoms with van der Waals surface area (Å²) in [5.74, 6) is -0.729. The summed E-state index contributed by atoms with van der Waals surface area (Å²) < 4.78 is 18.8.